The second-order valence-corrected chi connectivity index (χ2v) is 5.77. The Morgan fingerprint density at radius 1 is 1.37 bits per heavy atom. The van der Waals surface area contributed by atoms with Crippen molar-refractivity contribution in [3.63, 3.8) is 0 Å². The maximum atomic E-state index is 11.9. The van der Waals surface area contributed by atoms with E-state index >= 15 is 0 Å². The van der Waals surface area contributed by atoms with Crippen LogP contribution in [0.25, 0.3) is 0 Å². The number of hydrogen-bond acceptors (Lipinski definition) is 4. The molecule has 0 aromatic heterocycles. The third kappa shape index (κ3) is 5.92. The Morgan fingerprint density at radius 3 is 2.63 bits per heavy atom. The Labute approximate surface area is 114 Å². The number of rotatable bonds is 3. The summed E-state index contributed by atoms with van der Waals surface area (Å²) in [6, 6.07) is -0.0241. The maximum absolute atomic E-state index is 11.9. The van der Waals surface area contributed by atoms with Gasteiger partial charge in [0.25, 0.3) is 0 Å². The monoisotopic (exact) mass is 272 g/mol. The molecule has 1 rings (SSSR count). The van der Waals surface area contributed by atoms with Crippen LogP contribution < -0.4 is 5.32 Å². The van der Waals surface area contributed by atoms with Crippen LogP contribution >= 0.6 is 0 Å². The van der Waals surface area contributed by atoms with Crippen molar-refractivity contribution in [3.8, 4) is 0 Å². The van der Waals surface area contributed by atoms with Crippen LogP contribution in [0.1, 0.15) is 33.6 Å². The smallest absolute Gasteiger partial charge is 0.410 e. The van der Waals surface area contributed by atoms with Gasteiger partial charge in [-0.25, -0.2) is 4.79 Å². The molecule has 0 saturated carbocycles. The van der Waals surface area contributed by atoms with Crippen LogP contribution in [0.3, 0.4) is 0 Å². The number of nitrogens with zero attached hydrogens (tertiary/aromatic N) is 1. The lowest BCUT2D eigenvalue weighted by Gasteiger charge is -2.34. The van der Waals surface area contributed by atoms with Crippen molar-refractivity contribution in [2.24, 2.45) is 0 Å². The maximum Gasteiger partial charge on any atom is 0.410 e. The molecule has 110 valence electrons. The highest BCUT2D eigenvalue weighted by molar-refractivity contribution is 5.77. The van der Waals surface area contributed by atoms with E-state index in [0.29, 0.717) is 13.1 Å². The number of amides is 2. The number of carbonyl (C=O) groups excluding carboxylic acids is 2. The molecule has 1 aliphatic heterocycles. The molecular weight excluding hydrogens is 248 g/mol. The molecule has 0 spiro atoms. The first-order valence-electron chi connectivity index (χ1n) is 6.58. The fraction of sp³-hybridized carbons (Fsp3) is 0.846. The third-order valence-electron chi connectivity index (χ3n) is 2.71. The van der Waals surface area contributed by atoms with E-state index in [1.54, 1.807) is 4.90 Å². The average molecular weight is 272 g/mol. The molecule has 0 radical (unpaired) electrons. The van der Waals surface area contributed by atoms with Crippen molar-refractivity contribution in [1.29, 1.82) is 0 Å². The second kappa shape index (κ2) is 6.75. The van der Waals surface area contributed by atoms with Gasteiger partial charge in [0.1, 0.15) is 12.2 Å². The Kier molecular flexibility index (Phi) is 5.60. The SMILES string of the molecule is COCC(=O)N[C@H]1CCCN(C(=O)OC(C)(C)C)C1. The van der Waals surface area contributed by atoms with Gasteiger partial charge in [-0.05, 0) is 33.6 Å². The van der Waals surface area contributed by atoms with E-state index in [2.05, 4.69) is 5.32 Å². The van der Waals surface area contributed by atoms with Crippen molar-refractivity contribution in [3.05, 3.63) is 0 Å². The number of piperidine rings is 1. The summed E-state index contributed by atoms with van der Waals surface area (Å²) in [6.07, 6.45) is 1.41. The fourth-order valence-corrected chi connectivity index (χ4v) is 1.99. The Bertz CT molecular complexity index is 325. The molecule has 2 amide bonds. The molecule has 1 atom stereocenters. The van der Waals surface area contributed by atoms with E-state index in [0.717, 1.165) is 12.8 Å². The molecule has 0 bridgehead atoms. The Morgan fingerprint density at radius 2 is 2.05 bits per heavy atom. The van der Waals surface area contributed by atoms with Crippen molar-refractivity contribution in [2.45, 2.75) is 45.3 Å². The lowest BCUT2D eigenvalue weighted by Crippen LogP contribution is -2.51. The summed E-state index contributed by atoms with van der Waals surface area (Å²) in [7, 11) is 1.48. The van der Waals surface area contributed by atoms with E-state index in [1.165, 1.54) is 7.11 Å². The molecule has 19 heavy (non-hydrogen) atoms. The minimum atomic E-state index is -0.497. The molecule has 0 unspecified atom stereocenters. The van der Waals surface area contributed by atoms with Gasteiger partial charge in [-0.2, -0.15) is 0 Å². The van der Waals surface area contributed by atoms with E-state index in [4.69, 9.17) is 9.47 Å². The summed E-state index contributed by atoms with van der Waals surface area (Å²) in [5, 5.41) is 2.85. The molecule has 0 aliphatic carbocycles. The van der Waals surface area contributed by atoms with Crippen LogP contribution in [0.5, 0.6) is 0 Å². The van der Waals surface area contributed by atoms with Crippen molar-refractivity contribution >= 4 is 12.0 Å². The van der Waals surface area contributed by atoms with Gasteiger partial charge in [-0.1, -0.05) is 0 Å². The highest BCUT2D eigenvalue weighted by Crippen LogP contribution is 2.15. The predicted octanol–water partition coefficient (Wildman–Crippen LogP) is 1.15. The van der Waals surface area contributed by atoms with Crippen LogP contribution in [-0.2, 0) is 14.3 Å². The molecule has 1 aliphatic rings. The largest absolute Gasteiger partial charge is 0.444 e. The first-order valence-corrected chi connectivity index (χ1v) is 6.58. The highest BCUT2D eigenvalue weighted by Gasteiger charge is 2.28. The fourth-order valence-electron chi connectivity index (χ4n) is 1.99. The normalized spacial score (nSPS) is 20.0. The zero-order chi connectivity index (χ0) is 14.5. The lowest BCUT2D eigenvalue weighted by molar-refractivity contribution is -0.125. The average Bonchev–Trinajstić information content (AvgIpc) is 2.27. The van der Waals surface area contributed by atoms with Gasteiger partial charge in [0.2, 0.25) is 5.91 Å². The molecule has 0 aromatic rings. The van der Waals surface area contributed by atoms with Gasteiger partial charge in [0.15, 0.2) is 0 Å². The highest BCUT2D eigenvalue weighted by atomic mass is 16.6. The number of hydrogen-bond donors (Lipinski definition) is 1. The zero-order valence-corrected chi connectivity index (χ0v) is 12.2. The van der Waals surface area contributed by atoms with Crippen molar-refractivity contribution in [2.75, 3.05) is 26.8 Å². The predicted molar refractivity (Wildman–Crippen MR) is 70.8 cm³/mol. The summed E-state index contributed by atoms with van der Waals surface area (Å²) in [6.45, 7) is 6.73. The van der Waals surface area contributed by atoms with E-state index in [1.807, 2.05) is 20.8 Å². The number of methoxy groups -OCH3 is 1. The molecular formula is C13H24N2O4. The molecule has 1 heterocycles. The third-order valence-corrected chi connectivity index (χ3v) is 2.71. The molecule has 6 heteroatoms. The molecule has 1 saturated heterocycles. The van der Waals surface area contributed by atoms with Crippen LogP contribution in [0.15, 0.2) is 0 Å². The lowest BCUT2D eigenvalue weighted by atomic mass is 10.1. The first kappa shape index (κ1) is 15.8. The molecule has 1 N–H and O–H groups in total. The molecule has 0 aromatic carbocycles. The first-order chi connectivity index (χ1) is 8.81. The van der Waals surface area contributed by atoms with Gasteiger partial charge in [0, 0.05) is 26.2 Å². The van der Waals surface area contributed by atoms with Gasteiger partial charge < -0.3 is 19.7 Å². The topological polar surface area (TPSA) is 67.9 Å². The Balaban J connectivity index is 2.45. The number of likely N-dealkylation sites (tertiary alicyclic amines) is 1. The van der Waals surface area contributed by atoms with E-state index in [9.17, 15) is 9.59 Å². The summed E-state index contributed by atoms with van der Waals surface area (Å²) >= 11 is 0. The summed E-state index contributed by atoms with van der Waals surface area (Å²) < 4.78 is 10.1. The van der Waals surface area contributed by atoms with E-state index in [-0.39, 0.29) is 24.6 Å². The minimum Gasteiger partial charge on any atom is -0.444 e. The second-order valence-electron chi connectivity index (χ2n) is 5.77. The number of carbonyl (C=O) groups is 2. The van der Waals surface area contributed by atoms with Gasteiger partial charge in [-0.15, -0.1) is 0 Å². The van der Waals surface area contributed by atoms with Crippen LogP contribution in [-0.4, -0.2) is 55.3 Å². The van der Waals surface area contributed by atoms with Crippen molar-refractivity contribution in [1.82, 2.24) is 10.2 Å². The van der Waals surface area contributed by atoms with Gasteiger partial charge >= 0.3 is 6.09 Å². The standard InChI is InChI=1S/C13H24N2O4/c1-13(2,3)19-12(17)15-7-5-6-10(8-15)14-11(16)9-18-4/h10H,5-9H2,1-4H3,(H,14,16)/t10-/m0/s1. The zero-order valence-electron chi connectivity index (χ0n) is 12.2. The molecule has 6 nitrogen and oxygen atoms in total. The van der Waals surface area contributed by atoms with Crippen LogP contribution in [0.4, 0.5) is 4.79 Å². The summed E-state index contributed by atoms with van der Waals surface area (Å²) in [5.74, 6) is -0.154. The van der Waals surface area contributed by atoms with Crippen molar-refractivity contribution < 1.29 is 19.1 Å². The summed E-state index contributed by atoms with van der Waals surface area (Å²) in [4.78, 5) is 25.0. The van der Waals surface area contributed by atoms with Gasteiger partial charge in [-0.3, -0.25) is 4.79 Å². The van der Waals surface area contributed by atoms with Gasteiger partial charge in [0.05, 0.1) is 0 Å². The Hall–Kier alpha value is -1.30. The molecule has 1 fully saturated rings. The quantitative estimate of drug-likeness (QED) is 0.837. The van der Waals surface area contributed by atoms with Crippen LogP contribution in [0, 0.1) is 0 Å². The van der Waals surface area contributed by atoms with Crippen LogP contribution in [0.2, 0.25) is 0 Å². The van der Waals surface area contributed by atoms with E-state index < -0.39 is 5.60 Å². The number of nitrogens with one attached hydrogen (secondary N) is 1. The minimum absolute atomic E-state index is 0.0241. The number of ether oxygens (including phenoxy) is 2. The summed E-state index contributed by atoms with van der Waals surface area (Å²) in [5.41, 5.74) is -0.497.